The van der Waals surface area contributed by atoms with Crippen molar-refractivity contribution < 1.29 is 23.9 Å². The Morgan fingerprint density at radius 2 is 1.61 bits per heavy atom. The Kier molecular flexibility index (Phi) is 11.0. The third kappa shape index (κ3) is 9.49. The molecule has 0 aliphatic rings. The number of hydrogen-bond acceptors (Lipinski definition) is 5. The Hall–Kier alpha value is -3.59. The van der Waals surface area contributed by atoms with E-state index in [1.807, 2.05) is 45.0 Å². The minimum absolute atomic E-state index is 0.0786. The number of rotatable bonds is 9. The third-order valence-electron chi connectivity index (χ3n) is 6.33. The molecule has 2 aromatic rings. The number of halogens is 1. The normalized spacial score (nSPS) is 13.1. The molecular weight excluding hydrogens is 544 g/mol. The molecule has 41 heavy (non-hydrogen) atoms. The van der Waals surface area contributed by atoms with Crippen LogP contribution in [0.5, 0.6) is 0 Å². The predicted molar refractivity (Wildman–Crippen MR) is 162 cm³/mol. The first-order valence-corrected chi connectivity index (χ1v) is 13.9. The number of anilines is 1. The molecule has 2 rings (SSSR count). The highest BCUT2D eigenvalue weighted by Crippen LogP contribution is 2.35. The largest absolute Gasteiger partial charge is 0.444 e. The lowest BCUT2D eigenvalue weighted by Crippen LogP contribution is -2.58. The van der Waals surface area contributed by atoms with Crippen molar-refractivity contribution >= 4 is 41.1 Å². The maximum absolute atomic E-state index is 14.4. The summed E-state index contributed by atoms with van der Waals surface area (Å²) in [4.78, 5) is 54.5. The van der Waals surface area contributed by atoms with E-state index in [-0.39, 0.29) is 12.8 Å². The molecule has 2 atom stereocenters. The lowest BCUT2D eigenvalue weighted by Gasteiger charge is -2.43. The highest BCUT2D eigenvalue weighted by atomic mass is 35.5. The number of amides is 4. The van der Waals surface area contributed by atoms with Crippen molar-refractivity contribution in [2.75, 3.05) is 5.32 Å². The van der Waals surface area contributed by atoms with E-state index in [4.69, 9.17) is 22.1 Å². The van der Waals surface area contributed by atoms with E-state index in [1.54, 1.807) is 53.7 Å². The molecule has 0 spiro atoms. The smallest absolute Gasteiger partial charge is 0.408 e. The van der Waals surface area contributed by atoms with Crippen molar-refractivity contribution in [1.29, 1.82) is 0 Å². The fourth-order valence-corrected chi connectivity index (χ4v) is 4.71. The number of alkyl carbamates (subject to hydrolysis) is 1. The maximum Gasteiger partial charge on any atom is 0.408 e. The standard InChI is InChI=1S/C31H43ClN4O5/c1-18-13-14-19(2)21(17-18)26(27(38)35-25-20(3)11-10-12-22(25)32)36(30(4,5)6)28(39)23(15-16-24(33)37)34-29(40)41-31(7,8)9/h10-14,17,23,26H,15-16H2,1-9H3,(H2,33,37)(H,34,40)(H,35,38). The van der Waals surface area contributed by atoms with Crippen LogP contribution in [-0.4, -0.2) is 45.9 Å². The number of carbonyl (C=O) groups excluding carboxylic acids is 4. The summed E-state index contributed by atoms with van der Waals surface area (Å²) in [6.45, 7) is 16.1. The molecule has 0 bridgehead atoms. The van der Waals surface area contributed by atoms with Gasteiger partial charge in [0.2, 0.25) is 11.8 Å². The molecule has 224 valence electrons. The van der Waals surface area contributed by atoms with Gasteiger partial charge < -0.3 is 26.0 Å². The van der Waals surface area contributed by atoms with Crippen molar-refractivity contribution in [3.05, 3.63) is 63.7 Å². The molecule has 0 aliphatic carbocycles. The minimum Gasteiger partial charge on any atom is -0.444 e. The van der Waals surface area contributed by atoms with Crippen molar-refractivity contribution in [1.82, 2.24) is 10.2 Å². The van der Waals surface area contributed by atoms with Crippen LogP contribution in [0.15, 0.2) is 36.4 Å². The van der Waals surface area contributed by atoms with E-state index in [9.17, 15) is 19.2 Å². The van der Waals surface area contributed by atoms with E-state index in [0.717, 1.165) is 16.7 Å². The van der Waals surface area contributed by atoms with Gasteiger partial charge in [0.05, 0.1) is 10.7 Å². The second kappa shape index (κ2) is 13.4. The third-order valence-corrected chi connectivity index (χ3v) is 6.65. The highest BCUT2D eigenvalue weighted by molar-refractivity contribution is 6.34. The van der Waals surface area contributed by atoms with Gasteiger partial charge in [-0.15, -0.1) is 0 Å². The number of para-hydroxylation sites is 1. The molecule has 0 aliphatic heterocycles. The molecule has 4 amide bonds. The molecular formula is C31H43ClN4O5. The fraction of sp³-hybridized carbons (Fsp3) is 0.484. The quantitative estimate of drug-likeness (QED) is 0.345. The summed E-state index contributed by atoms with van der Waals surface area (Å²) in [5.41, 5.74) is 7.17. The molecule has 0 saturated carbocycles. The van der Waals surface area contributed by atoms with Gasteiger partial charge >= 0.3 is 6.09 Å². The number of ether oxygens (including phenoxy) is 1. The van der Waals surface area contributed by atoms with Gasteiger partial charge in [0.1, 0.15) is 17.7 Å². The summed E-state index contributed by atoms with van der Waals surface area (Å²) in [6.07, 6.45) is -1.07. The van der Waals surface area contributed by atoms with Gasteiger partial charge in [0.15, 0.2) is 0 Å². The van der Waals surface area contributed by atoms with Crippen LogP contribution in [0.2, 0.25) is 5.02 Å². The Bertz CT molecular complexity index is 1280. The zero-order valence-corrected chi connectivity index (χ0v) is 26.2. The Morgan fingerprint density at radius 3 is 2.15 bits per heavy atom. The number of nitrogens with one attached hydrogen (secondary N) is 2. The zero-order valence-electron chi connectivity index (χ0n) is 25.5. The van der Waals surface area contributed by atoms with Crippen molar-refractivity contribution in [3.8, 4) is 0 Å². The predicted octanol–water partition coefficient (Wildman–Crippen LogP) is 5.73. The number of benzene rings is 2. The van der Waals surface area contributed by atoms with E-state index in [2.05, 4.69) is 10.6 Å². The summed E-state index contributed by atoms with van der Waals surface area (Å²) < 4.78 is 5.39. The molecule has 0 saturated heterocycles. The number of primary amides is 1. The molecule has 10 heteroatoms. The SMILES string of the molecule is Cc1ccc(C)c(C(C(=O)Nc2c(C)cccc2Cl)N(C(=O)C(CCC(N)=O)NC(=O)OC(C)(C)C)C(C)(C)C)c1. The summed E-state index contributed by atoms with van der Waals surface area (Å²) in [6, 6.07) is 8.65. The lowest BCUT2D eigenvalue weighted by atomic mass is 9.91. The Morgan fingerprint density at radius 1 is 0.976 bits per heavy atom. The average Bonchev–Trinajstić information content (AvgIpc) is 2.81. The molecule has 0 radical (unpaired) electrons. The minimum atomic E-state index is -1.20. The fourth-order valence-electron chi connectivity index (χ4n) is 4.44. The Balaban J connectivity index is 2.70. The topological polar surface area (TPSA) is 131 Å². The first kappa shape index (κ1) is 33.6. The van der Waals surface area contributed by atoms with Gasteiger partial charge in [0.25, 0.3) is 5.91 Å². The van der Waals surface area contributed by atoms with Gasteiger partial charge in [-0.3, -0.25) is 14.4 Å². The Labute approximate surface area is 248 Å². The van der Waals surface area contributed by atoms with Crippen LogP contribution in [0.3, 0.4) is 0 Å². The van der Waals surface area contributed by atoms with Gasteiger partial charge in [0, 0.05) is 12.0 Å². The summed E-state index contributed by atoms with van der Waals surface area (Å²) in [7, 11) is 0. The van der Waals surface area contributed by atoms with Crippen LogP contribution in [0.4, 0.5) is 10.5 Å². The first-order chi connectivity index (χ1) is 18.8. The van der Waals surface area contributed by atoms with Crippen LogP contribution in [-0.2, 0) is 19.1 Å². The van der Waals surface area contributed by atoms with Crippen LogP contribution in [0.1, 0.15) is 82.7 Å². The van der Waals surface area contributed by atoms with Crippen LogP contribution in [0.25, 0.3) is 0 Å². The van der Waals surface area contributed by atoms with E-state index in [1.165, 1.54) is 4.90 Å². The lowest BCUT2D eigenvalue weighted by molar-refractivity contribution is -0.147. The molecule has 2 unspecified atom stereocenters. The van der Waals surface area contributed by atoms with Gasteiger partial charge in [-0.05, 0) is 91.5 Å². The summed E-state index contributed by atoms with van der Waals surface area (Å²) in [5.74, 6) is -1.68. The van der Waals surface area contributed by atoms with E-state index >= 15 is 0 Å². The second-order valence-corrected chi connectivity index (χ2v) is 12.7. The van der Waals surface area contributed by atoms with Crippen molar-refractivity contribution in [3.63, 3.8) is 0 Å². The molecule has 9 nitrogen and oxygen atoms in total. The average molecular weight is 587 g/mol. The molecule has 4 N–H and O–H groups in total. The van der Waals surface area contributed by atoms with Crippen molar-refractivity contribution in [2.24, 2.45) is 5.73 Å². The summed E-state index contributed by atoms with van der Waals surface area (Å²) in [5, 5.41) is 5.91. The number of carbonyl (C=O) groups is 4. The van der Waals surface area contributed by atoms with Crippen LogP contribution in [0, 0.1) is 20.8 Å². The zero-order chi connectivity index (χ0) is 31.3. The number of nitrogens with two attached hydrogens (primary N) is 1. The number of nitrogens with zero attached hydrogens (tertiary/aromatic N) is 1. The van der Waals surface area contributed by atoms with Gasteiger partial charge in [-0.1, -0.05) is 47.5 Å². The van der Waals surface area contributed by atoms with Crippen LogP contribution < -0.4 is 16.4 Å². The summed E-state index contributed by atoms with van der Waals surface area (Å²) >= 11 is 6.44. The molecule has 2 aromatic carbocycles. The van der Waals surface area contributed by atoms with Gasteiger partial charge in [-0.25, -0.2) is 4.79 Å². The monoisotopic (exact) mass is 586 g/mol. The van der Waals surface area contributed by atoms with Crippen LogP contribution >= 0.6 is 11.6 Å². The molecule has 0 aromatic heterocycles. The number of hydrogen-bond donors (Lipinski definition) is 3. The van der Waals surface area contributed by atoms with Crippen molar-refractivity contribution in [2.45, 2.75) is 98.4 Å². The molecule has 0 heterocycles. The maximum atomic E-state index is 14.4. The van der Waals surface area contributed by atoms with E-state index < -0.39 is 47.0 Å². The van der Waals surface area contributed by atoms with E-state index in [0.29, 0.717) is 16.3 Å². The second-order valence-electron chi connectivity index (χ2n) is 12.3. The molecule has 0 fully saturated rings. The highest BCUT2D eigenvalue weighted by Gasteiger charge is 2.42. The van der Waals surface area contributed by atoms with Gasteiger partial charge in [-0.2, -0.15) is 0 Å². The first-order valence-electron chi connectivity index (χ1n) is 13.6. The number of aryl methyl sites for hydroxylation is 3.